The molecule has 0 aliphatic heterocycles. The maximum atomic E-state index is 12.3. The van der Waals surface area contributed by atoms with Gasteiger partial charge in [0.15, 0.2) is 5.69 Å². The molecule has 0 unspecified atom stereocenters. The van der Waals surface area contributed by atoms with E-state index in [2.05, 4.69) is 44.9 Å². The maximum absolute atomic E-state index is 12.3. The molecule has 0 radical (unpaired) electrons. The molecule has 1 amide bonds. The number of carbonyl (C=O) groups excluding carboxylic acids is 1. The molecule has 29 heavy (non-hydrogen) atoms. The molecule has 2 heterocycles. The Balaban J connectivity index is 1.28. The second kappa shape index (κ2) is 8.97. The molecule has 4 aromatic rings. The first-order valence-corrected chi connectivity index (χ1v) is 9.47. The third kappa shape index (κ3) is 4.76. The van der Waals surface area contributed by atoms with Gasteiger partial charge in [0, 0.05) is 12.7 Å². The minimum absolute atomic E-state index is 0.240. The largest absolute Gasteiger partial charge is 0.492 e. The van der Waals surface area contributed by atoms with Crippen molar-refractivity contribution in [1.29, 1.82) is 0 Å². The molecule has 2 aromatic carbocycles. The van der Waals surface area contributed by atoms with Crippen LogP contribution in [0, 0.1) is 0 Å². The van der Waals surface area contributed by atoms with Crippen molar-refractivity contribution >= 4 is 16.7 Å². The van der Waals surface area contributed by atoms with E-state index in [4.69, 9.17) is 4.74 Å². The van der Waals surface area contributed by atoms with Crippen molar-refractivity contribution in [1.82, 2.24) is 25.3 Å². The summed E-state index contributed by atoms with van der Waals surface area (Å²) in [5, 5.41) is 13.3. The fourth-order valence-electron chi connectivity index (χ4n) is 3.07. The number of fused-ring (bicyclic) bond motifs is 1. The van der Waals surface area contributed by atoms with Gasteiger partial charge in [0.2, 0.25) is 0 Å². The molecule has 7 heteroatoms. The third-order valence-electron chi connectivity index (χ3n) is 4.49. The van der Waals surface area contributed by atoms with Gasteiger partial charge in [-0.15, -0.1) is 5.10 Å². The van der Waals surface area contributed by atoms with Gasteiger partial charge in [0.05, 0.1) is 25.5 Å². The first-order chi connectivity index (χ1) is 14.3. The van der Waals surface area contributed by atoms with Crippen LogP contribution in [0.3, 0.4) is 0 Å². The zero-order valence-corrected chi connectivity index (χ0v) is 15.9. The van der Waals surface area contributed by atoms with E-state index in [1.54, 1.807) is 23.3 Å². The highest BCUT2D eigenvalue weighted by Crippen LogP contribution is 2.19. The minimum atomic E-state index is -0.240. The van der Waals surface area contributed by atoms with Crippen molar-refractivity contribution < 1.29 is 9.53 Å². The van der Waals surface area contributed by atoms with E-state index in [0.717, 1.165) is 11.3 Å². The Kier molecular flexibility index (Phi) is 5.76. The summed E-state index contributed by atoms with van der Waals surface area (Å²) in [5.41, 5.74) is 1.44. The van der Waals surface area contributed by atoms with Gasteiger partial charge >= 0.3 is 0 Å². The van der Waals surface area contributed by atoms with E-state index < -0.39 is 0 Å². The fourth-order valence-corrected chi connectivity index (χ4v) is 3.07. The number of benzene rings is 2. The molecule has 2 aromatic heterocycles. The molecule has 4 rings (SSSR count). The molecular weight excluding hydrogens is 366 g/mol. The van der Waals surface area contributed by atoms with Gasteiger partial charge < -0.3 is 10.1 Å². The number of nitrogens with one attached hydrogen (secondary N) is 1. The van der Waals surface area contributed by atoms with Crippen molar-refractivity contribution in [3.8, 4) is 5.75 Å². The zero-order valence-electron chi connectivity index (χ0n) is 15.9. The monoisotopic (exact) mass is 387 g/mol. The normalized spacial score (nSPS) is 10.8. The highest BCUT2D eigenvalue weighted by atomic mass is 16.5. The van der Waals surface area contributed by atoms with Crippen molar-refractivity contribution in [2.75, 3.05) is 13.2 Å². The SMILES string of the molecule is O=C(NCCCOc1cccnc1)c1cn(Cc2cccc3ccccc23)nn1. The second-order valence-corrected chi connectivity index (χ2v) is 6.59. The smallest absolute Gasteiger partial charge is 0.273 e. The predicted octanol–water partition coefficient (Wildman–Crippen LogP) is 3.07. The molecule has 0 saturated carbocycles. The minimum Gasteiger partial charge on any atom is -0.492 e. The van der Waals surface area contributed by atoms with E-state index in [1.807, 2.05) is 30.3 Å². The summed E-state index contributed by atoms with van der Waals surface area (Å²) in [4.78, 5) is 16.3. The number of carbonyl (C=O) groups is 1. The summed E-state index contributed by atoms with van der Waals surface area (Å²) in [7, 11) is 0. The molecule has 0 aliphatic carbocycles. The van der Waals surface area contributed by atoms with Gasteiger partial charge in [0.25, 0.3) is 5.91 Å². The summed E-state index contributed by atoms with van der Waals surface area (Å²) in [6.45, 7) is 1.55. The van der Waals surface area contributed by atoms with Crippen molar-refractivity contribution in [2.24, 2.45) is 0 Å². The first kappa shape index (κ1) is 18.6. The Morgan fingerprint density at radius 3 is 2.86 bits per heavy atom. The average Bonchev–Trinajstić information content (AvgIpc) is 3.23. The highest BCUT2D eigenvalue weighted by Gasteiger charge is 2.11. The highest BCUT2D eigenvalue weighted by molar-refractivity contribution is 5.91. The number of rotatable bonds is 8. The predicted molar refractivity (Wildman–Crippen MR) is 110 cm³/mol. The lowest BCUT2D eigenvalue weighted by Crippen LogP contribution is -2.25. The fraction of sp³-hybridized carbons (Fsp3) is 0.182. The summed E-state index contributed by atoms with van der Waals surface area (Å²) in [6.07, 6.45) is 5.71. The number of pyridine rings is 1. The van der Waals surface area contributed by atoms with Crippen LogP contribution in [0.25, 0.3) is 10.8 Å². The first-order valence-electron chi connectivity index (χ1n) is 9.47. The van der Waals surface area contributed by atoms with Gasteiger partial charge in [-0.05, 0) is 34.9 Å². The van der Waals surface area contributed by atoms with Gasteiger partial charge in [-0.25, -0.2) is 4.68 Å². The summed E-state index contributed by atoms with van der Waals surface area (Å²) >= 11 is 0. The third-order valence-corrected chi connectivity index (χ3v) is 4.49. The zero-order chi connectivity index (χ0) is 19.9. The van der Waals surface area contributed by atoms with Crippen LogP contribution in [0.4, 0.5) is 0 Å². The van der Waals surface area contributed by atoms with Crippen LogP contribution in [0.15, 0.2) is 73.2 Å². The molecule has 0 fully saturated rings. The summed E-state index contributed by atoms with van der Waals surface area (Å²) in [5.74, 6) is 0.478. The number of aromatic nitrogens is 4. The molecule has 7 nitrogen and oxygen atoms in total. The van der Waals surface area contributed by atoms with Gasteiger partial charge in [-0.3, -0.25) is 9.78 Å². The van der Waals surface area contributed by atoms with Crippen molar-refractivity contribution in [2.45, 2.75) is 13.0 Å². The molecule has 0 saturated heterocycles. The topological polar surface area (TPSA) is 81.9 Å². The summed E-state index contributed by atoms with van der Waals surface area (Å²) < 4.78 is 7.24. The van der Waals surface area contributed by atoms with Crippen LogP contribution in [0.2, 0.25) is 0 Å². The van der Waals surface area contributed by atoms with E-state index in [1.165, 1.54) is 10.8 Å². The molecule has 0 bridgehead atoms. The average molecular weight is 387 g/mol. The lowest BCUT2D eigenvalue weighted by molar-refractivity contribution is 0.0946. The molecule has 0 spiro atoms. The van der Waals surface area contributed by atoms with E-state index in [9.17, 15) is 4.79 Å². The van der Waals surface area contributed by atoms with Gasteiger partial charge in [-0.2, -0.15) is 0 Å². The second-order valence-electron chi connectivity index (χ2n) is 6.59. The number of nitrogens with zero attached hydrogens (tertiary/aromatic N) is 4. The van der Waals surface area contributed by atoms with Crippen LogP contribution in [-0.4, -0.2) is 39.0 Å². The number of hydrogen-bond acceptors (Lipinski definition) is 5. The molecule has 0 atom stereocenters. The van der Waals surface area contributed by atoms with E-state index in [-0.39, 0.29) is 5.91 Å². The lowest BCUT2D eigenvalue weighted by atomic mass is 10.0. The van der Waals surface area contributed by atoms with Crippen molar-refractivity contribution in [3.05, 3.63) is 84.4 Å². The Morgan fingerprint density at radius 2 is 1.97 bits per heavy atom. The Morgan fingerprint density at radius 1 is 1.07 bits per heavy atom. The quantitative estimate of drug-likeness (QED) is 0.470. The standard InChI is InChI=1S/C22H21N5O2/c28-22(24-12-5-13-29-19-9-4-11-23-14-19)21-16-27(26-25-21)15-18-8-3-7-17-6-1-2-10-20(17)18/h1-4,6-11,14,16H,5,12-13,15H2,(H,24,28). The van der Waals surface area contributed by atoms with E-state index in [0.29, 0.717) is 31.8 Å². The van der Waals surface area contributed by atoms with Crippen LogP contribution in [0.5, 0.6) is 5.75 Å². The molecule has 146 valence electrons. The van der Waals surface area contributed by atoms with E-state index >= 15 is 0 Å². The number of hydrogen-bond donors (Lipinski definition) is 1. The number of amides is 1. The molecule has 0 aliphatic rings. The number of ether oxygens (including phenoxy) is 1. The van der Waals surface area contributed by atoms with Crippen molar-refractivity contribution in [3.63, 3.8) is 0 Å². The van der Waals surface area contributed by atoms with Crippen LogP contribution in [-0.2, 0) is 6.54 Å². The summed E-state index contributed by atoms with van der Waals surface area (Å²) in [6, 6.07) is 18.0. The van der Waals surface area contributed by atoms with Crippen LogP contribution >= 0.6 is 0 Å². The van der Waals surface area contributed by atoms with Crippen LogP contribution < -0.4 is 10.1 Å². The molecule has 1 N–H and O–H groups in total. The Bertz CT molecular complexity index is 1090. The molecular formula is C22H21N5O2. The maximum Gasteiger partial charge on any atom is 0.273 e. The Labute approximate surface area is 168 Å². The lowest BCUT2D eigenvalue weighted by Gasteiger charge is -2.06. The van der Waals surface area contributed by atoms with Crippen LogP contribution in [0.1, 0.15) is 22.5 Å². The van der Waals surface area contributed by atoms with Gasteiger partial charge in [-0.1, -0.05) is 47.7 Å². The van der Waals surface area contributed by atoms with Gasteiger partial charge in [0.1, 0.15) is 5.75 Å². The Hall–Kier alpha value is -3.74.